The molecule has 0 bridgehead atoms. The van der Waals surface area contributed by atoms with Gasteiger partial charge in [0.25, 0.3) is 0 Å². The highest BCUT2D eigenvalue weighted by Crippen LogP contribution is 2.40. The molecule has 6 nitrogen and oxygen atoms in total. The van der Waals surface area contributed by atoms with Crippen molar-refractivity contribution < 1.29 is 19.1 Å². The van der Waals surface area contributed by atoms with Crippen molar-refractivity contribution >= 4 is 29.5 Å². The third-order valence-electron chi connectivity index (χ3n) is 4.34. The molecule has 3 rings (SSSR count). The van der Waals surface area contributed by atoms with Gasteiger partial charge in [0, 0.05) is 5.75 Å². The summed E-state index contributed by atoms with van der Waals surface area (Å²) in [6.45, 7) is 9.29. The van der Waals surface area contributed by atoms with E-state index in [1.165, 1.54) is 16.7 Å². The van der Waals surface area contributed by atoms with E-state index in [2.05, 4.69) is 11.9 Å². The van der Waals surface area contributed by atoms with Crippen LogP contribution < -0.4 is 5.32 Å². The highest BCUT2D eigenvalue weighted by atomic mass is 32.2. The van der Waals surface area contributed by atoms with E-state index in [1.54, 1.807) is 20.8 Å². The molecule has 2 saturated heterocycles. The van der Waals surface area contributed by atoms with E-state index in [0.717, 1.165) is 5.56 Å². The molecule has 1 aromatic carbocycles. The quantitative estimate of drug-likeness (QED) is 0.484. The molecular formula is C20H24N2O4S. The van der Waals surface area contributed by atoms with Crippen molar-refractivity contribution in [1.82, 2.24) is 10.2 Å². The van der Waals surface area contributed by atoms with Gasteiger partial charge in [-0.25, -0.2) is 4.79 Å². The first-order chi connectivity index (χ1) is 12.7. The van der Waals surface area contributed by atoms with Gasteiger partial charge in [0.1, 0.15) is 17.0 Å². The summed E-state index contributed by atoms with van der Waals surface area (Å²) in [5, 5.41) is 2.53. The van der Waals surface area contributed by atoms with Gasteiger partial charge < -0.3 is 15.0 Å². The Balaban J connectivity index is 1.65. The number of esters is 1. The fourth-order valence-corrected chi connectivity index (χ4v) is 4.49. The standard InChI is InChI=1S/C20H24N2O4S/c1-12-11-27-18-15(21-14(23)10-13-8-6-5-7-9-13)17(24)22(18)16(12)19(25)26-20(2,3)4/h5-9,15-16,18H,1,10-11H2,2-4H3,(H,21,23)/t15-,16?,18-/m1/s1. The predicted octanol–water partition coefficient (Wildman–Crippen LogP) is 1.90. The van der Waals surface area contributed by atoms with Crippen LogP contribution >= 0.6 is 11.8 Å². The lowest BCUT2D eigenvalue weighted by Crippen LogP contribution is -2.74. The molecule has 0 saturated carbocycles. The first kappa shape index (κ1) is 19.5. The number of ether oxygens (including phenoxy) is 1. The zero-order chi connectivity index (χ0) is 19.8. The van der Waals surface area contributed by atoms with Crippen molar-refractivity contribution in [3.63, 3.8) is 0 Å². The van der Waals surface area contributed by atoms with E-state index in [4.69, 9.17) is 4.74 Å². The molecule has 0 aliphatic carbocycles. The maximum absolute atomic E-state index is 12.7. The predicted molar refractivity (Wildman–Crippen MR) is 104 cm³/mol. The maximum Gasteiger partial charge on any atom is 0.333 e. The Morgan fingerprint density at radius 3 is 2.59 bits per heavy atom. The van der Waals surface area contributed by atoms with Crippen LogP contribution in [-0.2, 0) is 25.5 Å². The topological polar surface area (TPSA) is 75.7 Å². The van der Waals surface area contributed by atoms with Crippen molar-refractivity contribution in [2.24, 2.45) is 0 Å². The number of hydrogen-bond donors (Lipinski definition) is 1. The largest absolute Gasteiger partial charge is 0.458 e. The smallest absolute Gasteiger partial charge is 0.333 e. The van der Waals surface area contributed by atoms with E-state index in [9.17, 15) is 14.4 Å². The molecule has 27 heavy (non-hydrogen) atoms. The molecule has 0 aromatic heterocycles. The van der Waals surface area contributed by atoms with Crippen molar-refractivity contribution in [3.05, 3.63) is 48.0 Å². The number of nitrogens with zero attached hydrogens (tertiary/aromatic N) is 1. The molecule has 1 N–H and O–H groups in total. The minimum absolute atomic E-state index is 0.210. The van der Waals surface area contributed by atoms with Gasteiger partial charge >= 0.3 is 5.97 Å². The number of thioether (sulfide) groups is 1. The van der Waals surface area contributed by atoms with Gasteiger partial charge in [-0.1, -0.05) is 36.9 Å². The second-order valence-electron chi connectivity index (χ2n) is 7.75. The van der Waals surface area contributed by atoms with Gasteiger partial charge in [0.2, 0.25) is 11.8 Å². The number of carbonyl (C=O) groups excluding carboxylic acids is 3. The summed E-state index contributed by atoms with van der Waals surface area (Å²) in [5.74, 6) is -0.410. The zero-order valence-electron chi connectivity index (χ0n) is 15.7. The Bertz CT molecular complexity index is 772. The van der Waals surface area contributed by atoms with Crippen molar-refractivity contribution in [2.75, 3.05) is 5.75 Å². The molecule has 3 atom stereocenters. The number of rotatable bonds is 4. The summed E-state index contributed by atoms with van der Waals surface area (Å²) in [4.78, 5) is 39.0. The van der Waals surface area contributed by atoms with Crippen LogP contribution in [0.3, 0.4) is 0 Å². The van der Waals surface area contributed by atoms with Gasteiger partial charge in [-0.15, -0.1) is 11.8 Å². The molecule has 1 unspecified atom stereocenters. The first-order valence-corrected chi connectivity index (χ1v) is 9.90. The normalized spacial score (nSPS) is 24.7. The number of hydrogen-bond acceptors (Lipinski definition) is 5. The summed E-state index contributed by atoms with van der Waals surface area (Å²) < 4.78 is 5.45. The molecule has 2 fully saturated rings. The fourth-order valence-electron chi connectivity index (χ4n) is 3.18. The highest BCUT2D eigenvalue weighted by Gasteiger charge is 2.56. The van der Waals surface area contributed by atoms with E-state index in [0.29, 0.717) is 11.3 Å². The summed E-state index contributed by atoms with van der Waals surface area (Å²) in [6.07, 6.45) is 0.213. The van der Waals surface area contributed by atoms with Crippen LogP contribution in [0, 0.1) is 0 Å². The van der Waals surface area contributed by atoms with Crippen LogP contribution in [0.5, 0.6) is 0 Å². The third kappa shape index (κ3) is 4.18. The van der Waals surface area contributed by atoms with Crippen LogP contribution in [0.4, 0.5) is 0 Å². The van der Waals surface area contributed by atoms with Crippen LogP contribution in [0.1, 0.15) is 26.3 Å². The number of amides is 2. The Labute approximate surface area is 163 Å². The summed E-state index contributed by atoms with van der Waals surface area (Å²) in [6, 6.07) is 7.95. The summed E-state index contributed by atoms with van der Waals surface area (Å²) in [5.41, 5.74) is 0.886. The minimum Gasteiger partial charge on any atom is -0.458 e. The van der Waals surface area contributed by atoms with Crippen molar-refractivity contribution in [1.29, 1.82) is 0 Å². The van der Waals surface area contributed by atoms with Gasteiger partial charge in [-0.3, -0.25) is 9.59 Å². The molecular weight excluding hydrogens is 364 g/mol. The van der Waals surface area contributed by atoms with E-state index >= 15 is 0 Å². The van der Waals surface area contributed by atoms with Gasteiger partial charge in [0.05, 0.1) is 6.42 Å². The monoisotopic (exact) mass is 388 g/mol. The van der Waals surface area contributed by atoms with Gasteiger partial charge in [-0.05, 0) is 31.9 Å². The molecule has 2 aliphatic heterocycles. The van der Waals surface area contributed by atoms with Crippen molar-refractivity contribution in [2.45, 2.75) is 50.3 Å². The maximum atomic E-state index is 12.7. The Kier molecular flexibility index (Phi) is 5.33. The average molecular weight is 388 g/mol. The minimum atomic E-state index is -0.787. The second-order valence-corrected chi connectivity index (χ2v) is 8.85. The van der Waals surface area contributed by atoms with Crippen LogP contribution in [-0.4, -0.2) is 51.5 Å². The Morgan fingerprint density at radius 1 is 1.30 bits per heavy atom. The lowest BCUT2D eigenvalue weighted by molar-refractivity contribution is -0.170. The zero-order valence-corrected chi connectivity index (χ0v) is 16.5. The molecule has 2 amide bonds. The molecule has 2 heterocycles. The van der Waals surface area contributed by atoms with Crippen LogP contribution in [0.15, 0.2) is 42.5 Å². The summed E-state index contributed by atoms with van der Waals surface area (Å²) >= 11 is 1.50. The van der Waals surface area contributed by atoms with E-state index in [1.807, 2.05) is 30.3 Å². The fraction of sp³-hybridized carbons (Fsp3) is 0.450. The number of carbonyl (C=O) groups is 3. The lowest BCUT2D eigenvalue weighted by atomic mass is 9.98. The van der Waals surface area contributed by atoms with Gasteiger partial charge in [0.15, 0.2) is 6.04 Å². The third-order valence-corrected chi connectivity index (χ3v) is 5.72. The molecule has 0 spiro atoms. The van der Waals surface area contributed by atoms with Crippen LogP contribution in [0.25, 0.3) is 0 Å². The Morgan fingerprint density at radius 2 is 1.96 bits per heavy atom. The second kappa shape index (κ2) is 7.38. The number of benzene rings is 1. The number of nitrogens with one attached hydrogen (secondary N) is 1. The molecule has 0 radical (unpaired) electrons. The van der Waals surface area contributed by atoms with Crippen LogP contribution in [0.2, 0.25) is 0 Å². The highest BCUT2D eigenvalue weighted by molar-refractivity contribution is 8.00. The SMILES string of the molecule is C=C1CS[C@@H]2[C@H](NC(=O)Cc3ccccc3)C(=O)N2C1C(=O)OC(C)(C)C. The summed E-state index contributed by atoms with van der Waals surface area (Å²) in [7, 11) is 0. The van der Waals surface area contributed by atoms with Gasteiger partial charge in [-0.2, -0.15) is 0 Å². The number of β-lactam (4-membered cyclic amide) rings is 1. The molecule has 1 aromatic rings. The molecule has 7 heteroatoms. The van der Waals surface area contributed by atoms with E-state index < -0.39 is 23.7 Å². The Hall–Kier alpha value is -2.28. The average Bonchev–Trinajstić information content (AvgIpc) is 2.58. The molecule has 144 valence electrons. The first-order valence-electron chi connectivity index (χ1n) is 8.85. The van der Waals surface area contributed by atoms with Crippen molar-refractivity contribution in [3.8, 4) is 0 Å². The molecule has 2 aliphatic rings. The van der Waals surface area contributed by atoms with E-state index in [-0.39, 0.29) is 23.6 Å². The number of fused-ring (bicyclic) bond motifs is 1. The lowest BCUT2D eigenvalue weighted by Gasteiger charge is -2.53.